The molecular weight excluding hydrogens is 366 g/mol. The van der Waals surface area contributed by atoms with Crippen LogP contribution in [0.4, 0.5) is 5.82 Å². The lowest BCUT2D eigenvalue weighted by Crippen LogP contribution is -2.43. The zero-order valence-electron chi connectivity index (χ0n) is 16.9. The van der Waals surface area contributed by atoms with E-state index in [1.54, 1.807) is 0 Å². The molecule has 0 spiro atoms. The maximum absolute atomic E-state index is 6.31. The molecule has 6 rings (SSSR count). The van der Waals surface area contributed by atoms with Gasteiger partial charge in [0.1, 0.15) is 12.4 Å². The van der Waals surface area contributed by atoms with E-state index in [1.165, 1.54) is 50.0 Å². The molecular formula is C21H29N7O. The van der Waals surface area contributed by atoms with Gasteiger partial charge in [-0.15, -0.1) is 0 Å². The van der Waals surface area contributed by atoms with Gasteiger partial charge in [0.15, 0.2) is 0 Å². The molecule has 8 heteroatoms. The average Bonchev–Trinajstić information content (AvgIpc) is 3.46. The van der Waals surface area contributed by atoms with Crippen molar-refractivity contribution >= 4 is 5.82 Å². The Hall–Kier alpha value is -2.19. The summed E-state index contributed by atoms with van der Waals surface area (Å²) in [6.07, 6.45) is 9.90. The Morgan fingerprint density at radius 2 is 2.00 bits per heavy atom. The number of hydrogen-bond donors (Lipinski definition) is 1. The first-order valence-corrected chi connectivity index (χ1v) is 11.0. The summed E-state index contributed by atoms with van der Waals surface area (Å²) in [6, 6.07) is 0.551. The average molecular weight is 396 g/mol. The van der Waals surface area contributed by atoms with Crippen molar-refractivity contribution in [1.29, 1.82) is 0 Å². The highest BCUT2D eigenvalue weighted by Crippen LogP contribution is 2.39. The second-order valence-corrected chi connectivity index (χ2v) is 8.89. The quantitative estimate of drug-likeness (QED) is 0.838. The van der Waals surface area contributed by atoms with Crippen LogP contribution in [0.5, 0.6) is 6.01 Å². The van der Waals surface area contributed by atoms with Crippen molar-refractivity contribution in [1.82, 2.24) is 29.7 Å². The fourth-order valence-electron chi connectivity index (χ4n) is 5.67. The van der Waals surface area contributed by atoms with Gasteiger partial charge < -0.3 is 19.5 Å². The topological polar surface area (TPSA) is 71.3 Å². The summed E-state index contributed by atoms with van der Waals surface area (Å²) >= 11 is 0. The first-order valence-electron chi connectivity index (χ1n) is 11.0. The van der Waals surface area contributed by atoms with Gasteiger partial charge in [0.25, 0.3) is 0 Å². The molecule has 2 aromatic heterocycles. The van der Waals surface area contributed by atoms with Crippen LogP contribution in [0.2, 0.25) is 0 Å². The Kier molecular flexibility index (Phi) is 4.23. The number of ether oxygens (including phenoxy) is 1. The van der Waals surface area contributed by atoms with Gasteiger partial charge in [0, 0.05) is 31.4 Å². The minimum atomic E-state index is 0.218. The SMILES string of the molecule is c1ncn2c1CN(c1nc(OCC34CCCN3CCC4)nc3c1CCNC3)CC2. The molecule has 2 saturated heterocycles. The number of fused-ring (bicyclic) bond motifs is 3. The summed E-state index contributed by atoms with van der Waals surface area (Å²) in [6.45, 7) is 7.64. The maximum Gasteiger partial charge on any atom is 0.318 e. The number of imidazole rings is 1. The Balaban J connectivity index is 1.29. The minimum absolute atomic E-state index is 0.218. The predicted octanol–water partition coefficient (Wildman–Crippen LogP) is 1.35. The zero-order chi connectivity index (χ0) is 19.3. The van der Waals surface area contributed by atoms with Crippen LogP contribution in [0.15, 0.2) is 12.5 Å². The van der Waals surface area contributed by atoms with Crippen molar-refractivity contribution < 1.29 is 4.74 Å². The van der Waals surface area contributed by atoms with Crippen LogP contribution >= 0.6 is 0 Å². The van der Waals surface area contributed by atoms with Crippen molar-refractivity contribution in [2.45, 2.75) is 57.3 Å². The molecule has 4 aliphatic heterocycles. The van der Waals surface area contributed by atoms with E-state index in [4.69, 9.17) is 14.7 Å². The largest absolute Gasteiger partial charge is 0.461 e. The molecule has 4 aliphatic rings. The molecule has 0 saturated carbocycles. The fourth-order valence-corrected chi connectivity index (χ4v) is 5.67. The summed E-state index contributed by atoms with van der Waals surface area (Å²) in [4.78, 5) is 19.1. The lowest BCUT2D eigenvalue weighted by Gasteiger charge is -2.33. The molecule has 0 bridgehead atoms. The molecule has 0 atom stereocenters. The van der Waals surface area contributed by atoms with E-state index in [2.05, 4.69) is 24.7 Å². The summed E-state index contributed by atoms with van der Waals surface area (Å²) in [5.74, 6) is 1.06. The number of nitrogens with zero attached hydrogens (tertiary/aromatic N) is 6. The van der Waals surface area contributed by atoms with Gasteiger partial charge in [-0.2, -0.15) is 9.97 Å². The Morgan fingerprint density at radius 1 is 1.10 bits per heavy atom. The monoisotopic (exact) mass is 395 g/mol. The predicted molar refractivity (Wildman–Crippen MR) is 109 cm³/mol. The Labute approximate surface area is 171 Å². The van der Waals surface area contributed by atoms with Crippen LogP contribution in [0, 0.1) is 0 Å². The number of anilines is 1. The normalized spacial score (nSPS) is 23.0. The van der Waals surface area contributed by atoms with E-state index >= 15 is 0 Å². The third-order valence-electron chi connectivity index (χ3n) is 7.24. The van der Waals surface area contributed by atoms with E-state index in [0.29, 0.717) is 12.6 Å². The van der Waals surface area contributed by atoms with Crippen LogP contribution in [0.1, 0.15) is 42.6 Å². The van der Waals surface area contributed by atoms with Gasteiger partial charge >= 0.3 is 6.01 Å². The highest BCUT2D eigenvalue weighted by molar-refractivity contribution is 5.51. The lowest BCUT2D eigenvalue weighted by molar-refractivity contribution is 0.107. The van der Waals surface area contributed by atoms with Crippen LogP contribution < -0.4 is 15.0 Å². The van der Waals surface area contributed by atoms with E-state index in [0.717, 1.165) is 50.7 Å². The molecule has 6 heterocycles. The van der Waals surface area contributed by atoms with Gasteiger partial charge in [0.05, 0.1) is 29.8 Å². The van der Waals surface area contributed by atoms with E-state index < -0.39 is 0 Å². The smallest absolute Gasteiger partial charge is 0.318 e. The van der Waals surface area contributed by atoms with Gasteiger partial charge in [0.2, 0.25) is 0 Å². The highest BCUT2D eigenvalue weighted by atomic mass is 16.5. The summed E-state index contributed by atoms with van der Waals surface area (Å²) in [5.41, 5.74) is 3.84. The van der Waals surface area contributed by atoms with Crippen molar-refractivity contribution in [3.05, 3.63) is 29.5 Å². The van der Waals surface area contributed by atoms with E-state index in [1.807, 2.05) is 12.5 Å². The molecule has 8 nitrogen and oxygen atoms in total. The molecule has 0 radical (unpaired) electrons. The van der Waals surface area contributed by atoms with Gasteiger partial charge in [-0.3, -0.25) is 4.90 Å². The van der Waals surface area contributed by atoms with Crippen LogP contribution in [0.3, 0.4) is 0 Å². The lowest BCUT2D eigenvalue weighted by atomic mass is 9.95. The van der Waals surface area contributed by atoms with Gasteiger partial charge in [-0.25, -0.2) is 4.98 Å². The fraction of sp³-hybridized carbons (Fsp3) is 0.667. The molecule has 0 unspecified atom stereocenters. The molecule has 0 amide bonds. The molecule has 154 valence electrons. The maximum atomic E-state index is 6.31. The zero-order valence-corrected chi connectivity index (χ0v) is 16.9. The third-order valence-corrected chi connectivity index (χ3v) is 7.24. The van der Waals surface area contributed by atoms with E-state index in [-0.39, 0.29) is 5.54 Å². The highest BCUT2D eigenvalue weighted by Gasteiger charge is 2.45. The molecule has 2 fully saturated rings. The minimum Gasteiger partial charge on any atom is -0.461 e. The molecule has 0 aliphatic carbocycles. The molecule has 2 aromatic rings. The first-order chi connectivity index (χ1) is 14.3. The third kappa shape index (κ3) is 3.00. The molecule has 1 N–H and O–H groups in total. The second kappa shape index (κ2) is 6.95. The Bertz CT molecular complexity index is 900. The Morgan fingerprint density at radius 3 is 2.90 bits per heavy atom. The van der Waals surface area contributed by atoms with Crippen LogP contribution in [0.25, 0.3) is 0 Å². The van der Waals surface area contributed by atoms with Crippen molar-refractivity contribution in [2.75, 3.05) is 37.7 Å². The summed E-state index contributed by atoms with van der Waals surface area (Å²) in [7, 11) is 0. The van der Waals surface area contributed by atoms with E-state index in [9.17, 15) is 0 Å². The van der Waals surface area contributed by atoms with Crippen LogP contribution in [-0.2, 0) is 26.1 Å². The number of hydrogen-bond acceptors (Lipinski definition) is 7. The van der Waals surface area contributed by atoms with Gasteiger partial charge in [-0.05, 0) is 51.7 Å². The number of aromatic nitrogens is 4. The molecule has 0 aromatic carbocycles. The molecule has 29 heavy (non-hydrogen) atoms. The summed E-state index contributed by atoms with van der Waals surface area (Å²) in [5, 5.41) is 3.46. The van der Waals surface area contributed by atoms with Crippen LogP contribution in [-0.4, -0.2) is 62.7 Å². The van der Waals surface area contributed by atoms with Crippen molar-refractivity contribution in [3.63, 3.8) is 0 Å². The van der Waals surface area contributed by atoms with Crippen molar-refractivity contribution in [3.8, 4) is 6.01 Å². The summed E-state index contributed by atoms with van der Waals surface area (Å²) < 4.78 is 8.54. The number of nitrogens with one attached hydrogen (secondary N) is 1. The second-order valence-electron chi connectivity index (χ2n) is 8.89. The standard InChI is InChI=1S/C21H29N7O/c1-4-21(5-2-8-28(21)7-1)14-29-20-24-18-12-22-6-3-17(18)19(25-20)26-9-10-27-15-23-11-16(27)13-26/h11,15,22H,1-10,12-14H2. The van der Waals surface area contributed by atoms with Gasteiger partial charge in [-0.1, -0.05) is 0 Å². The van der Waals surface area contributed by atoms with Crippen molar-refractivity contribution in [2.24, 2.45) is 0 Å². The number of rotatable bonds is 4. The first kappa shape index (κ1) is 17.7.